The van der Waals surface area contributed by atoms with Crippen molar-refractivity contribution in [3.63, 3.8) is 0 Å². The molecule has 2 aromatic carbocycles. The summed E-state index contributed by atoms with van der Waals surface area (Å²) in [5, 5.41) is 3.78. The van der Waals surface area contributed by atoms with Gasteiger partial charge >= 0.3 is 0 Å². The number of nitrogens with zero attached hydrogens (tertiary/aromatic N) is 5. The molecule has 5 rings (SSSR count). The van der Waals surface area contributed by atoms with Crippen LogP contribution in [-0.2, 0) is 10.0 Å². The summed E-state index contributed by atoms with van der Waals surface area (Å²) < 4.78 is 30.6. The van der Waals surface area contributed by atoms with E-state index in [1.165, 1.54) is 21.7 Å². The number of sulfonamides is 1. The van der Waals surface area contributed by atoms with E-state index < -0.39 is 10.0 Å². The molecule has 0 aliphatic carbocycles. The molecule has 3 aromatic rings. The standard InChI is InChI=1S/C23H22Cl2N6O4S/c1-36(33,34)30-11-9-29(10-12-30)16-7-5-15(6-8-16)27-23-26-13-17-21(28-23)35-14-31(22(17)32)20-18(24)3-2-4-19(20)25/h2-8,13H,9-12,14H2,1H3,(H,26,27,28). The maximum Gasteiger partial charge on any atom is 0.268 e. The van der Waals surface area contributed by atoms with Gasteiger partial charge in [0.15, 0.2) is 6.73 Å². The Morgan fingerprint density at radius 1 is 1.00 bits per heavy atom. The van der Waals surface area contributed by atoms with Crippen LogP contribution in [0.3, 0.4) is 0 Å². The maximum absolute atomic E-state index is 13.0. The zero-order valence-electron chi connectivity index (χ0n) is 19.2. The number of rotatable bonds is 5. The van der Waals surface area contributed by atoms with Gasteiger partial charge in [0.2, 0.25) is 21.9 Å². The summed E-state index contributed by atoms with van der Waals surface area (Å²) in [6.45, 7) is 2.07. The first kappa shape index (κ1) is 24.6. The Hall–Kier alpha value is -3.12. The van der Waals surface area contributed by atoms with Crippen molar-refractivity contribution in [2.75, 3.05) is 54.3 Å². The molecule has 1 saturated heterocycles. The van der Waals surface area contributed by atoms with Gasteiger partial charge in [0.1, 0.15) is 5.56 Å². The minimum Gasteiger partial charge on any atom is -0.455 e. The number of fused-ring (bicyclic) bond motifs is 1. The van der Waals surface area contributed by atoms with E-state index in [4.69, 9.17) is 27.9 Å². The molecule has 10 nitrogen and oxygen atoms in total. The van der Waals surface area contributed by atoms with Crippen LogP contribution >= 0.6 is 23.2 Å². The zero-order valence-corrected chi connectivity index (χ0v) is 21.5. The van der Waals surface area contributed by atoms with Crippen LogP contribution in [0.15, 0.2) is 48.7 Å². The smallest absolute Gasteiger partial charge is 0.268 e. The summed E-state index contributed by atoms with van der Waals surface area (Å²) in [5.74, 6) is 0.0794. The van der Waals surface area contributed by atoms with Crippen molar-refractivity contribution in [2.24, 2.45) is 0 Å². The number of nitrogens with one attached hydrogen (secondary N) is 1. The maximum atomic E-state index is 13.0. The van der Waals surface area contributed by atoms with E-state index in [1.54, 1.807) is 18.2 Å². The van der Waals surface area contributed by atoms with Gasteiger partial charge in [-0.15, -0.1) is 0 Å². The SMILES string of the molecule is CS(=O)(=O)N1CCN(c2ccc(Nc3ncc4c(n3)OCN(c3c(Cl)cccc3Cl)C4=O)cc2)CC1. The molecule has 0 spiro atoms. The molecule has 188 valence electrons. The number of benzene rings is 2. The molecule has 1 amide bonds. The predicted octanol–water partition coefficient (Wildman–Crippen LogP) is 3.61. The van der Waals surface area contributed by atoms with Crippen molar-refractivity contribution in [3.05, 3.63) is 64.3 Å². The predicted molar refractivity (Wildman–Crippen MR) is 139 cm³/mol. The second kappa shape index (κ2) is 9.74. The average molecular weight is 549 g/mol. The van der Waals surface area contributed by atoms with Crippen molar-refractivity contribution in [2.45, 2.75) is 0 Å². The third-order valence-corrected chi connectivity index (χ3v) is 7.88. The number of hydrogen-bond acceptors (Lipinski definition) is 8. The lowest BCUT2D eigenvalue weighted by Gasteiger charge is -2.34. The molecular weight excluding hydrogens is 527 g/mol. The fourth-order valence-electron chi connectivity index (χ4n) is 4.09. The van der Waals surface area contributed by atoms with Gasteiger partial charge in [-0.3, -0.25) is 9.69 Å². The fraction of sp³-hybridized carbons (Fsp3) is 0.261. The summed E-state index contributed by atoms with van der Waals surface area (Å²) in [4.78, 5) is 25.1. The van der Waals surface area contributed by atoms with E-state index in [0.29, 0.717) is 41.9 Å². The minimum absolute atomic E-state index is 0.0902. The molecule has 36 heavy (non-hydrogen) atoms. The van der Waals surface area contributed by atoms with Crippen LogP contribution in [0.25, 0.3) is 0 Å². The number of carbonyl (C=O) groups excluding carboxylic acids is 1. The molecule has 0 bridgehead atoms. The lowest BCUT2D eigenvalue weighted by atomic mass is 10.2. The van der Waals surface area contributed by atoms with Crippen molar-refractivity contribution >= 4 is 62.1 Å². The third-order valence-electron chi connectivity index (χ3n) is 5.96. The first-order valence-electron chi connectivity index (χ1n) is 11.0. The van der Waals surface area contributed by atoms with Gasteiger partial charge in [-0.2, -0.15) is 9.29 Å². The molecule has 2 aliphatic heterocycles. The largest absolute Gasteiger partial charge is 0.455 e. The van der Waals surface area contributed by atoms with Gasteiger partial charge in [-0.1, -0.05) is 29.3 Å². The van der Waals surface area contributed by atoms with Gasteiger partial charge in [0.25, 0.3) is 5.91 Å². The molecule has 2 aliphatic rings. The van der Waals surface area contributed by atoms with Crippen LogP contribution in [0.2, 0.25) is 10.0 Å². The van der Waals surface area contributed by atoms with E-state index in [-0.39, 0.29) is 30.0 Å². The molecule has 13 heteroatoms. The minimum atomic E-state index is -3.17. The number of piperazine rings is 1. The van der Waals surface area contributed by atoms with Gasteiger partial charge in [0.05, 0.1) is 22.0 Å². The van der Waals surface area contributed by atoms with Gasteiger partial charge < -0.3 is 15.0 Å². The topological polar surface area (TPSA) is 108 Å². The first-order chi connectivity index (χ1) is 17.2. The highest BCUT2D eigenvalue weighted by Crippen LogP contribution is 2.37. The molecule has 0 saturated carbocycles. The summed E-state index contributed by atoms with van der Waals surface area (Å²) in [6, 6.07) is 12.7. The first-order valence-corrected chi connectivity index (χ1v) is 13.6. The molecule has 3 heterocycles. The second-order valence-corrected chi connectivity index (χ2v) is 11.1. The molecule has 1 aromatic heterocycles. The number of amides is 1. The second-order valence-electron chi connectivity index (χ2n) is 8.31. The Labute approximate surface area is 218 Å². The van der Waals surface area contributed by atoms with E-state index >= 15 is 0 Å². The summed E-state index contributed by atoms with van der Waals surface area (Å²) in [5.41, 5.74) is 2.32. The summed E-state index contributed by atoms with van der Waals surface area (Å²) in [7, 11) is -3.17. The number of carbonyl (C=O) groups is 1. The molecule has 0 unspecified atom stereocenters. The molecule has 0 atom stereocenters. The van der Waals surface area contributed by atoms with E-state index in [1.807, 2.05) is 24.3 Å². The lowest BCUT2D eigenvalue weighted by Crippen LogP contribution is -2.48. The molecule has 0 radical (unpaired) electrons. The highest BCUT2D eigenvalue weighted by molar-refractivity contribution is 7.88. The van der Waals surface area contributed by atoms with Crippen LogP contribution in [0.1, 0.15) is 10.4 Å². The van der Waals surface area contributed by atoms with E-state index in [9.17, 15) is 13.2 Å². The third kappa shape index (κ3) is 4.92. The monoisotopic (exact) mass is 548 g/mol. The number of aromatic nitrogens is 2. The fourth-order valence-corrected chi connectivity index (χ4v) is 5.52. The zero-order chi connectivity index (χ0) is 25.4. The van der Waals surface area contributed by atoms with Crippen molar-refractivity contribution < 1.29 is 17.9 Å². The summed E-state index contributed by atoms with van der Waals surface area (Å²) >= 11 is 12.5. The van der Waals surface area contributed by atoms with Crippen molar-refractivity contribution in [1.29, 1.82) is 0 Å². The van der Waals surface area contributed by atoms with Crippen LogP contribution in [0.4, 0.5) is 23.0 Å². The van der Waals surface area contributed by atoms with Crippen LogP contribution in [0.5, 0.6) is 5.88 Å². The van der Waals surface area contributed by atoms with Gasteiger partial charge in [-0.25, -0.2) is 13.4 Å². The van der Waals surface area contributed by atoms with E-state index in [0.717, 1.165) is 11.4 Å². The Kier molecular flexibility index (Phi) is 6.64. The number of halogens is 2. The van der Waals surface area contributed by atoms with Crippen molar-refractivity contribution in [1.82, 2.24) is 14.3 Å². The highest BCUT2D eigenvalue weighted by atomic mass is 35.5. The van der Waals surface area contributed by atoms with Gasteiger partial charge in [-0.05, 0) is 36.4 Å². The average Bonchev–Trinajstić information content (AvgIpc) is 2.85. The lowest BCUT2D eigenvalue weighted by molar-refractivity contribution is 0.0932. The normalized spacial score (nSPS) is 16.5. The number of para-hydroxylation sites is 1. The Morgan fingerprint density at radius 2 is 1.67 bits per heavy atom. The number of ether oxygens (including phenoxy) is 1. The van der Waals surface area contributed by atoms with E-state index in [2.05, 4.69) is 20.2 Å². The Bertz CT molecular complexity index is 1390. The van der Waals surface area contributed by atoms with Gasteiger partial charge in [0, 0.05) is 43.8 Å². The van der Waals surface area contributed by atoms with Crippen LogP contribution in [0, 0.1) is 0 Å². The Morgan fingerprint density at radius 3 is 2.31 bits per heavy atom. The molecule has 1 N–H and O–H groups in total. The van der Waals surface area contributed by atoms with Crippen LogP contribution < -0.4 is 19.9 Å². The highest BCUT2D eigenvalue weighted by Gasteiger charge is 2.31. The quantitative estimate of drug-likeness (QED) is 0.515. The number of hydrogen-bond donors (Lipinski definition) is 1. The number of anilines is 4. The van der Waals surface area contributed by atoms with Crippen molar-refractivity contribution in [3.8, 4) is 5.88 Å². The Balaban J connectivity index is 1.26. The summed E-state index contributed by atoms with van der Waals surface area (Å²) in [6.07, 6.45) is 2.64. The van der Waals surface area contributed by atoms with Crippen LogP contribution in [-0.4, -0.2) is 67.8 Å². The molecular formula is C23H22Cl2N6O4S. The molecule has 1 fully saturated rings.